The fourth-order valence-corrected chi connectivity index (χ4v) is 3.97. The molecule has 0 spiro atoms. The monoisotopic (exact) mass is 339 g/mol. The van der Waals surface area contributed by atoms with Crippen molar-refractivity contribution >= 4 is 33.1 Å². The number of sulfonamides is 1. The van der Waals surface area contributed by atoms with Crippen LogP contribution < -0.4 is 4.80 Å². The van der Waals surface area contributed by atoms with Gasteiger partial charge in [-0.1, -0.05) is 30.1 Å². The van der Waals surface area contributed by atoms with E-state index >= 15 is 0 Å². The summed E-state index contributed by atoms with van der Waals surface area (Å²) in [7, 11) is -2.33. The molecular weight excluding hydrogens is 326 g/mol. The Morgan fingerprint density at radius 1 is 1.45 bits per heavy atom. The largest absolute Gasteiger partial charge is 0.323 e. The number of hydrogen-bond acceptors (Lipinski definition) is 5. The molecular formula is C13H13N3O4S2. The third-order valence-electron chi connectivity index (χ3n) is 3.06. The van der Waals surface area contributed by atoms with E-state index in [2.05, 4.69) is 11.0 Å². The van der Waals surface area contributed by atoms with Gasteiger partial charge in [-0.3, -0.25) is 10.1 Å². The van der Waals surface area contributed by atoms with Gasteiger partial charge in [0, 0.05) is 29.8 Å². The van der Waals surface area contributed by atoms with E-state index in [1.54, 1.807) is 17.7 Å². The standard InChI is InChI=1S/C13H13N3O4S2/c1-4-12-9(2)15(3)13(21-12)14-22(19,20)11-7-5-6-10(8-11)16(17)18/h4-8H,1H2,2-3H3. The van der Waals surface area contributed by atoms with E-state index in [1.165, 1.54) is 29.5 Å². The molecule has 0 N–H and O–H groups in total. The third-order valence-corrected chi connectivity index (χ3v) is 5.67. The van der Waals surface area contributed by atoms with Crippen molar-refractivity contribution in [2.45, 2.75) is 11.8 Å². The van der Waals surface area contributed by atoms with Gasteiger partial charge in [-0.2, -0.15) is 8.42 Å². The zero-order valence-corrected chi connectivity index (χ0v) is 13.5. The smallest absolute Gasteiger partial charge is 0.285 e. The first-order valence-corrected chi connectivity index (χ1v) is 8.36. The Kier molecular flexibility index (Phi) is 4.29. The molecule has 0 aliphatic rings. The molecule has 0 radical (unpaired) electrons. The van der Waals surface area contributed by atoms with Gasteiger partial charge in [0.2, 0.25) is 4.80 Å². The Morgan fingerprint density at radius 3 is 2.68 bits per heavy atom. The molecule has 0 aliphatic carbocycles. The van der Waals surface area contributed by atoms with Crippen molar-refractivity contribution in [1.29, 1.82) is 0 Å². The number of thiazole rings is 1. The molecule has 1 aromatic carbocycles. The van der Waals surface area contributed by atoms with Crippen LogP contribution in [0.4, 0.5) is 5.69 Å². The number of non-ortho nitro benzene ring substituents is 1. The minimum absolute atomic E-state index is 0.215. The van der Waals surface area contributed by atoms with E-state index in [4.69, 9.17) is 0 Å². The van der Waals surface area contributed by atoms with Crippen LogP contribution in [0.15, 0.2) is 40.1 Å². The summed E-state index contributed by atoms with van der Waals surface area (Å²) in [6.45, 7) is 5.49. The van der Waals surface area contributed by atoms with Gasteiger partial charge in [-0.25, -0.2) is 0 Å². The molecule has 0 atom stereocenters. The Morgan fingerprint density at radius 2 is 2.14 bits per heavy atom. The van der Waals surface area contributed by atoms with E-state index in [-0.39, 0.29) is 15.4 Å². The van der Waals surface area contributed by atoms with Crippen molar-refractivity contribution in [1.82, 2.24) is 4.57 Å². The number of aromatic nitrogens is 1. The van der Waals surface area contributed by atoms with Crippen LogP contribution in [-0.4, -0.2) is 17.9 Å². The van der Waals surface area contributed by atoms with Gasteiger partial charge in [-0.05, 0) is 13.0 Å². The maximum absolute atomic E-state index is 12.3. The first kappa shape index (κ1) is 16.1. The molecule has 2 aromatic rings. The van der Waals surface area contributed by atoms with Crippen molar-refractivity contribution in [3.63, 3.8) is 0 Å². The summed E-state index contributed by atoms with van der Waals surface area (Å²) in [5.74, 6) is 0. The fourth-order valence-electron chi connectivity index (χ4n) is 1.73. The molecule has 1 heterocycles. The van der Waals surface area contributed by atoms with Crippen molar-refractivity contribution in [2.24, 2.45) is 11.4 Å². The summed E-state index contributed by atoms with van der Waals surface area (Å²) in [5, 5.41) is 10.7. The zero-order chi connectivity index (χ0) is 16.5. The molecule has 22 heavy (non-hydrogen) atoms. The van der Waals surface area contributed by atoms with Crippen LogP contribution in [0.2, 0.25) is 0 Å². The Bertz CT molecular complexity index is 923. The van der Waals surface area contributed by atoms with Crippen LogP contribution >= 0.6 is 11.3 Å². The number of benzene rings is 1. The minimum Gasteiger partial charge on any atom is -0.323 e. The summed E-state index contributed by atoms with van der Waals surface area (Å²) >= 11 is 1.18. The van der Waals surface area contributed by atoms with Gasteiger partial charge in [0.25, 0.3) is 15.7 Å². The lowest BCUT2D eigenvalue weighted by Crippen LogP contribution is -2.14. The lowest BCUT2D eigenvalue weighted by Gasteiger charge is -1.99. The van der Waals surface area contributed by atoms with Gasteiger partial charge < -0.3 is 4.57 Å². The highest BCUT2D eigenvalue weighted by molar-refractivity contribution is 7.90. The number of hydrogen-bond donors (Lipinski definition) is 0. The average molecular weight is 339 g/mol. The molecule has 0 bridgehead atoms. The highest BCUT2D eigenvalue weighted by atomic mass is 32.2. The number of rotatable bonds is 4. The quantitative estimate of drug-likeness (QED) is 0.630. The van der Waals surface area contributed by atoms with E-state index in [9.17, 15) is 18.5 Å². The van der Waals surface area contributed by atoms with Gasteiger partial charge in [-0.15, -0.1) is 4.40 Å². The van der Waals surface area contributed by atoms with Crippen LogP contribution in [0.1, 0.15) is 10.6 Å². The third kappa shape index (κ3) is 3.00. The van der Waals surface area contributed by atoms with E-state index in [0.717, 1.165) is 16.6 Å². The molecule has 0 amide bonds. The normalized spacial score (nSPS) is 12.4. The van der Waals surface area contributed by atoms with Gasteiger partial charge in [0.1, 0.15) is 0 Å². The molecule has 2 rings (SSSR count). The Balaban J connectivity index is 2.61. The SMILES string of the molecule is C=Cc1sc(=NS(=O)(=O)c2cccc([N+](=O)[O-])c2)n(C)c1C. The summed E-state index contributed by atoms with van der Waals surface area (Å²) in [5.41, 5.74) is 0.544. The zero-order valence-electron chi connectivity index (χ0n) is 11.9. The molecule has 0 saturated carbocycles. The molecule has 0 fully saturated rings. The van der Waals surface area contributed by atoms with Gasteiger partial charge in [0.05, 0.1) is 9.82 Å². The molecule has 116 valence electrons. The topological polar surface area (TPSA) is 94.6 Å². The second kappa shape index (κ2) is 5.85. The van der Waals surface area contributed by atoms with Crippen molar-refractivity contribution in [2.75, 3.05) is 0 Å². The van der Waals surface area contributed by atoms with E-state index < -0.39 is 14.9 Å². The molecule has 0 saturated heterocycles. The lowest BCUT2D eigenvalue weighted by atomic mass is 10.3. The predicted octanol–water partition coefficient (Wildman–Crippen LogP) is 2.24. The van der Waals surface area contributed by atoms with Crippen molar-refractivity contribution in [3.8, 4) is 0 Å². The first-order chi connectivity index (χ1) is 10.3. The molecule has 0 unspecified atom stereocenters. The van der Waals surface area contributed by atoms with Crippen LogP contribution in [0.3, 0.4) is 0 Å². The van der Waals surface area contributed by atoms with E-state index in [1.807, 2.05) is 6.92 Å². The second-order valence-corrected chi connectivity index (χ2v) is 7.03. The molecule has 0 aliphatic heterocycles. The predicted molar refractivity (Wildman–Crippen MR) is 84.0 cm³/mol. The highest BCUT2D eigenvalue weighted by Crippen LogP contribution is 2.19. The van der Waals surface area contributed by atoms with Gasteiger partial charge >= 0.3 is 0 Å². The number of nitro benzene ring substituents is 1. The minimum atomic E-state index is -4.03. The molecule has 1 aromatic heterocycles. The first-order valence-electron chi connectivity index (χ1n) is 6.10. The average Bonchev–Trinajstić information content (AvgIpc) is 2.74. The van der Waals surface area contributed by atoms with Crippen LogP contribution in [0.5, 0.6) is 0 Å². The lowest BCUT2D eigenvalue weighted by molar-refractivity contribution is -0.385. The summed E-state index contributed by atoms with van der Waals surface area (Å²) in [6, 6.07) is 4.81. The summed E-state index contributed by atoms with van der Waals surface area (Å²) < 4.78 is 30.0. The van der Waals surface area contributed by atoms with Crippen molar-refractivity contribution in [3.05, 3.63) is 56.3 Å². The summed E-state index contributed by atoms with van der Waals surface area (Å²) in [4.78, 5) is 11.0. The van der Waals surface area contributed by atoms with E-state index in [0.29, 0.717) is 0 Å². The number of nitro groups is 1. The van der Waals surface area contributed by atoms with Crippen LogP contribution in [0, 0.1) is 17.0 Å². The van der Waals surface area contributed by atoms with Crippen molar-refractivity contribution < 1.29 is 13.3 Å². The maximum Gasteiger partial charge on any atom is 0.285 e. The number of nitrogens with zero attached hydrogens (tertiary/aromatic N) is 3. The van der Waals surface area contributed by atoms with Crippen LogP contribution in [-0.2, 0) is 17.1 Å². The summed E-state index contributed by atoms with van der Waals surface area (Å²) in [6.07, 6.45) is 1.62. The fraction of sp³-hybridized carbons (Fsp3) is 0.154. The highest BCUT2D eigenvalue weighted by Gasteiger charge is 2.17. The Hall–Kier alpha value is -2.26. The Labute approximate surface area is 131 Å². The van der Waals surface area contributed by atoms with Crippen LogP contribution in [0.25, 0.3) is 6.08 Å². The molecule has 7 nitrogen and oxygen atoms in total. The second-order valence-electron chi connectivity index (χ2n) is 4.42. The maximum atomic E-state index is 12.3. The molecule has 9 heteroatoms. The van der Waals surface area contributed by atoms with Gasteiger partial charge in [0.15, 0.2) is 0 Å².